The summed E-state index contributed by atoms with van der Waals surface area (Å²) in [6.45, 7) is 5.26. The van der Waals surface area contributed by atoms with E-state index in [4.69, 9.17) is 20.0 Å². The number of nitrogens with zero attached hydrogens (tertiary/aromatic N) is 2. The van der Waals surface area contributed by atoms with Gasteiger partial charge in [-0.05, 0) is 26.8 Å². The molecule has 0 aliphatic heterocycles. The van der Waals surface area contributed by atoms with Gasteiger partial charge in [-0.3, -0.25) is 4.79 Å². The van der Waals surface area contributed by atoms with Crippen LogP contribution in [0.3, 0.4) is 0 Å². The van der Waals surface area contributed by atoms with Gasteiger partial charge in [0.25, 0.3) is 0 Å². The van der Waals surface area contributed by atoms with Gasteiger partial charge in [0.2, 0.25) is 0 Å². The van der Waals surface area contributed by atoms with Gasteiger partial charge in [-0.15, -0.1) is 0 Å². The first-order chi connectivity index (χ1) is 12.0. The Balaban J connectivity index is 3.49. The van der Waals surface area contributed by atoms with Crippen LogP contribution < -0.4 is 0 Å². The zero-order valence-corrected chi connectivity index (χ0v) is 14.3. The summed E-state index contributed by atoms with van der Waals surface area (Å²) in [4.78, 5) is 24.7. The van der Waals surface area contributed by atoms with E-state index in [2.05, 4.69) is 0 Å². The van der Waals surface area contributed by atoms with E-state index in [9.17, 15) is 9.59 Å². The number of carbonyl (C=O) groups is 2. The van der Waals surface area contributed by atoms with Gasteiger partial charge in [0.1, 0.15) is 17.7 Å². The second kappa shape index (κ2) is 9.69. The van der Waals surface area contributed by atoms with Crippen molar-refractivity contribution < 1.29 is 19.1 Å². The maximum Gasteiger partial charge on any atom is 0.342 e. The van der Waals surface area contributed by atoms with E-state index in [1.807, 2.05) is 13.0 Å². The van der Waals surface area contributed by atoms with Crippen LogP contribution in [0, 0.1) is 29.6 Å². The van der Waals surface area contributed by atoms with Crippen LogP contribution in [0.5, 0.6) is 0 Å². The molecule has 0 fully saturated rings. The molecule has 6 heteroatoms. The van der Waals surface area contributed by atoms with Gasteiger partial charge in [0.05, 0.1) is 13.2 Å². The Bertz CT molecular complexity index is 791. The topological polar surface area (TPSA) is 100 Å². The van der Waals surface area contributed by atoms with Crippen molar-refractivity contribution in [1.82, 2.24) is 0 Å². The van der Waals surface area contributed by atoms with E-state index in [0.29, 0.717) is 5.56 Å². The molecule has 0 aliphatic carbocycles. The number of rotatable bonds is 7. The molecule has 0 saturated heterocycles. The average Bonchev–Trinajstić information content (AvgIpc) is 2.60. The summed E-state index contributed by atoms with van der Waals surface area (Å²) in [7, 11) is 0. The number of ether oxygens (including phenoxy) is 2. The first-order valence-corrected chi connectivity index (χ1v) is 7.65. The zero-order valence-electron chi connectivity index (χ0n) is 14.3. The highest BCUT2D eigenvalue weighted by Gasteiger charge is 2.23. The zero-order chi connectivity index (χ0) is 18.8. The molecule has 0 aliphatic rings. The first kappa shape index (κ1) is 19.7. The van der Waals surface area contributed by atoms with E-state index in [1.54, 1.807) is 44.2 Å². The lowest BCUT2D eigenvalue weighted by molar-refractivity contribution is -0.138. The fraction of sp³-hybridized carbons (Fsp3) is 0.263. The molecule has 0 heterocycles. The molecule has 25 heavy (non-hydrogen) atoms. The number of esters is 1. The standard InChI is InChI=1S/C19H18N2O4/c1-4-24-18(15(11-20)12-21)16(19(23)25-5-2)10-17(22)14-8-6-7-13(3)9-14/h6-10H,4-5H2,1-3H3/b16-10+. The highest BCUT2D eigenvalue weighted by Crippen LogP contribution is 2.20. The Hall–Kier alpha value is -3.38. The van der Waals surface area contributed by atoms with E-state index >= 15 is 0 Å². The third kappa shape index (κ3) is 5.33. The third-order valence-electron chi connectivity index (χ3n) is 3.06. The van der Waals surface area contributed by atoms with Crippen molar-refractivity contribution in [1.29, 1.82) is 10.5 Å². The molecule has 1 aromatic rings. The Morgan fingerprint density at radius 2 is 1.76 bits per heavy atom. The molecule has 6 nitrogen and oxygen atoms in total. The normalized spacial score (nSPS) is 10.2. The fourth-order valence-electron chi connectivity index (χ4n) is 1.99. The van der Waals surface area contributed by atoms with E-state index in [-0.39, 0.29) is 24.5 Å². The molecule has 0 saturated carbocycles. The highest BCUT2D eigenvalue weighted by molar-refractivity contribution is 6.10. The van der Waals surface area contributed by atoms with Crippen molar-refractivity contribution in [3.8, 4) is 12.1 Å². The molecular weight excluding hydrogens is 320 g/mol. The second-order valence-electron chi connectivity index (χ2n) is 4.87. The average molecular weight is 338 g/mol. The Labute approximate surface area is 146 Å². The van der Waals surface area contributed by atoms with Crippen molar-refractivity contribution in [3.63, 3.8) is 0 Å². The summed E-state index contributed by atoms with van der Waals surface area (Å²) in [6, 6.07) is 10.2. The Morgan fingerprint density at radius 1 is 1.12 bits per heavy atom. The predicted octanol–water partition coefficient (Wildman–Crippen LogP) is 3.00. The molecule has 0 N–H and O–H groups in total. The maximum atomic E-state index is 12.5. The van der Waals surface area contributed by atoms with Crippen LogP contribution in [0.2, 0.25) is 0 Å². The predicted molar refractivity (Wildman–Crippen MR) is 90.1 cm³/mol. The van der Waals surface area contributed by atoms with E-state index in [0.717, 1.165) is 11.6 Å². The lowest BCUT2D eigenvalue weighted by atomic mass is 10.0. The lowest BCUT2D eigenvalue weighted by Gasteiger charge is -2.12. The van der Waals surface area contributed by atoms with E-state index in [1.165, 1.54) is 0 Å². The fourth-order valence-corrected chi connectivity index (χ4v) is 1.99. The van der Waals surface area contributed by atoms with Crippen LogP contribution in [0.25, 0.3) is 0 Å². The second-order valence-corrected chi connectivity index (χ2v) is 4.87. The molecule has 128 valence electrons. The maximum absolute atomic E-state index is 12.5. The summed E-state index contributed by atoms with van der Waals surface area (Å²) < 4.78 is 10.2. The molecule has 1 aromatic carbocycles. The van der Waals surface area contributed by atoms with Crippen LogP contribution in [0.15, 0.2) is 47.2 Å². The Kier molecular flexibility index (Phi) is 7.62. The largest absolute Gasteiger partial charge is 0.491 e. The quantitative estimate of drug-likeness (QED) is 0.189. The smallest absolute Gasteiger partial charge is 0.342 e. The number of allylic oxidation sites excluding steroid dienone is 2. The summed E-state index contributed by atoms with van der Waals surface area (Å²) in [6.07, 6.45) is 1.03. The lowest BCUT2D eigenvalue weighted by Crippen LogP contribution is -2.15. The Morgan fingerprint density at radius 3 is 2.28 bits per heavy atom. The van der Waals surface area contributed by atoms with Crippen molar-refractivity contribution in [3.05, 3.63) is 58.4 Å². The van der Waals surface area contributed by atoms with Crippen LogP contribution in [-0.2, 0) is 14.3 Å². The number of ketones is 1. The summed E-state index contributed by atoms with van der Waals surface area (Å²) in [5.74, 6) is -1.55. The van der Waals surface area contributed by atoms with Gasteiger partial charge in [-0.25, -0.2) is 4.79 Å². The number of benzene rings is 1. The van der Waals surface area contributed by atoms with E-state index < -0.39 is 17.3 Å². The summed E-state index contributed by atoms with van der Waals surface area (Å²) >= 11 is 0. The highest BCUT2D eigenvalue weighted by atomic mass is 16.5. The third-order valence-corrected chi connectivity index (χ3v) is 3.06. The van der Waals surface area contributed by atoms with Crippen molar-refractivity contribution in [2.24, 2.45) is 0 Å². The molecule has 0 unspecified atom stereocenters. The van der Waals surface area contributed by atoms with Crippen LogP contribution in [0.1, 0.15) is 29.8 Å². The summed E-state index contributed by atoms with van der Waals surface area (Å²) in [5, 5.41) is 18.2. The molecule has 0 aromatic heterocycles. The minimum absolute atomic E-state index is 0.0721. The van der Waals surface area contributed by atoms with Gasteiger partial charge in [-0.1, -0.05) is 23.8 Å². The minimum Gasteiger partial charge on any atom is -0.491 e. The number of carbonyl (C=O) groups excluding carboxylic acids is 2. The minimum atomic E-state index is -0.838. The molecule has 0 spiro atoms. The van der Waals surface area contributed by atoms with Crippen LogP contribution >= 0.6 is 0 Å². The molecule has 0 amide bonds. The number of hydrogen-bond donors (Lipinski definition) is 0. The van der Waals surface area contributed by atoms with Gasteiger partial charge in [-0.2, -0.15) is 10.5 Å². The van der Waals surface area contributed by atoms with Crippen molar-refractivity contribution in [2.45, 2.75) is 20.8 Å². The number of nitriles is 2. The van der Waals surface area contributed by atoms with Gasteiger partial charge >= 0.3 is 5.97 Å². The van der Waals surface area contributed by atoms with Crippen molar-refractivity contribution >= 4 is 11.8 Å². The molecule has 1 rings (SSSR count). The van der Waals surface area contributed by atoms with Gasteiger partial charge in [0.15, 0.2) is 17.1 Å². The SMILES string of the molecule is CCOC(=O)/C(=C/C(=O)c1cccc(C)c1)C(OCC)=C(C#N)C#N. The molecule has 0 atom stereocenters. The summed E-state index contributed by atoms with van der Waals surface area (Å²) in [5.41, 5.74) is 0.590. The number of aryl methyl sites for hydroxylation is 1. The first-order valence-electron chi connectivity index (χ1n) is 7.65. The van der Waals surface area contributed by atoms with Gasteiger partial charge < -0.3 is 9.47 Å². The molecular formula is C19H18N2O4. The van der Waals surface area contributed by atoms with Crippen molar-refractivity contribution in [2.75, 3.05) is 13.2 Å². The van der Waals surface area contributed by atoms with Gasteiger partial charge in [0, 0.05) is 11.6 Å². The van der Waals surface area contributed by atoms with Crippen LogP contribution in [-0.4, -0.2) is 25.0 Å². The number of hydrogen-bond acceptors (Lipinski definition) is 6. The van der Waals surface area contributed by atoms with Crippen LogP contribution in [0.4, 0.5) is 0 Å². The monoisotopic (exact) mass is 338 g/mol. The molecule has 0 radical (unpaired) electrons. The molecule has 0 bridgehead atoms.